The number of hydrogen-bond acceptors (Lipinski definition) is 3. The number of amides is 1. The van der Waals surface area contributed by atoms with Crippen molar-refractivity contribution in [2.75, 3.05) is 12.1 Å². The molecular weight excluding hydrogens is 366 g/mol. The molecule has 4 nitrogen and oxygen atoms in total. The lowest BCUT2D eigenvalue weighted by Crippen LogP contribution is -2.21. The van der Waals surface area contributed by atoms with Gasteiger partial charge in [0.25, 0.3) is 5.91 Å². The van der Waals surface area contributed by atoms with Crippen LogP contribution < -0.4 is 9.75 Å². The van der Waals surface area contributed by atoms with Crippen LogP contribution in [0.2, 0.25) is 10.0 Å². The fourth-order valence-corrected chi connectivity index (χ4v) is 3.11. The second-order valence-corrected chi connectivity index (χ2v) is 6.19. The number of ether oxygens (including phenoxy) is 1. The highest BCUT2D eigenvalue weighted by Crippen LogP contribution is 2.35. The van der Waals surface area contributed by atoms with E-state index >= 15 is 0 Å². The summed E-state index contributed by atoms with van der Waals surface area (Å²) in [5.74, 6) is -0.413. The zero-order valence-electron chi connectivity index (χ0n) is 13.4. The topological polar surface area (TPSA) is 41.9 Å². The Labute approximate surface area is 154 Å². The first-order valence-corrected chi connectivity index (χ1v) is 8.06. The molecule has 0 radical (unpaired) electrons. The highest BCUT2D eigenvalue weighted by Gasteiger charge is 2.29. The van der Waals surface area contributed by atoms with Gasteiger partial charge in [-0.25, -0.2) is 4.39 Å². The lowest BCUT2D eigenvalue weighted by Gasteiger charge is -2.12. The quantitative estimate of drug-likeness (QED) is 0.709. The Morgan fingerprint density at radius 1 is 1.24 bits per heavy atom. The van der Waals surface area contributed by atoms with Crippen LogP contribution in [0.4, 0.5) is 10.1 Å². The molecule has 3 rings (SSSR count). The highest BCUT2D eigenvalue weighted by molar-refractivity contribution is 6.36. The van der Waals surface area contributed by atoms with Gasteiger partial charge in [-0.2, -0.15) is 10.1 Å². The summed E-state index contributed by atoms with van der Waals surface area (Å²) >= 11 is 12.2. The monoisotopic (exact) mass is 378 g/mol. The van der Waals surface area contributed by atoms with Crippen molar-refractivity contribution in [2.45, 2.75) is 6.92 Å². The van der Waals surface area contributed by atoms with E-state index in [1.54, 1.807) is 31.2 Å². The van der Waals surface area contributed by atoms with Gasteiger partial charge in [0.15, 0.2) is 0 Å². The normalized spacial score (nSPS) is 15.7. The van der Waals surface area contributed by atoms with E-state index in [0.29, 0.717) is 38.3 Å². The lowest BCUT2D eigenvalue weighted by molar-refractivity contribution is -0.114. The van der Waals surface area contributed by atoms with Gasteiger partial charge in [0, 0.05) is 10.6 Å². The molecule has 0 atom stereocenters. The van der Waals surface area contributed by atoms with Crippen molar-refractivity contribution >= 4 is 46.6 Å². The molecule has 0 saturated carbocycles. The maximum absolute atomic E-state index is 13.4. The van der Waals surface area contributed by atoms with Crippen LogP contribution in [0.25, 0.3) is 6.08 Å². The minimum atomic E-state index is -0.445. The van der Waals surface area contributed by atoms with Gasteiger partial charge in [0.2, 0.25) is 0 Å². The van der Waals surface area contributed by atoms with Crippen LogP contribution in [0, 0.1) is 5.82 Å². The van der Waals surface area contributed by atoms with Crippen molar-refractivity contribution in [3.8, 4) is 5.75 Å². The van der Waals surface area contributed by atoms with Gasteiger partial charge in [0.05, 0.1) is 29.1 Å². The summed E-state index contributed by atoms with van der Waals surface area (Å²) < 4.78 is 18.7. The van der Waals surface area contributed by atoms with Crippen LogP contribution in [0.3, 0.4) is 0 Å². The van der Waals surface area contributed by atoms with Crippen LogP contribution >= 0.6 is 23.2 Å². The SMILES string of the molecule is COc1c(Cl)cc(Cl)cc1/C=C1/C(=O)N(c2cccc(F)c2)N=C1C. The number of hydrazone groups is 1. The summed E-state index contributed by atoms with van der Waals surface area (Å²) in [5, 5.41) is 6.13. The zero-order valence-corrected chi connectivity index (χ0v) is 14.9. The predicted molar refractivity (Wildman–Crippen MR) is 98.0 cm³/mol. The molecule has 0 fully saturated rings. The third-order valence-electron chi connectivity index (χ3n) is 3.66. The first kappa shape index (κ1) is 17.5. The molecule has 0 aromatic heterocycles. The Balaban J connectivity index is 2.04. The number of carbonyl (C=O) groups is 1. The molecule has 1 aliphatic heterocycles. The molecule has 1 aliphatic rings. The second kappa shape index (κ2) is 6.86. The number of nitrogens with zero attached hydrogens (tertiary/aromatic N) is 2. The number of hydrogen-bond donors (Lipinski definition) is 0. The smallest absolute Gasteiger partial charge is 0.280 e. The molecule has 0 bridgehead atoms. The van der Waals surface area contributed by atoms with Crippen molar-refractivity contribution in [3.05, 3.63) is 63.4 Å². The van der Waals surface area contributed by atoms with E-state index in [1.807, 2.05) is 0 Å². The first-order chi connectivity index (χ1) is 11.9. The van der Waals surface area contributed by atoms with Crippen molar-refractivity contribution in [1.29, 1.82) is 0 Å². The number of anilines is 1. The Hall–Kier alpha value is -2.37. The Bertz CT molecular complexity index is 925. The number of benzene rings is 2. The highest BCUT2D eigenvalue weighted by atomic mass is 35.5. The van der Waals surface area contributed by atoms with Crippen LogP contribution in [-0.4, -0.2) is 18.7 Å². The molecule has 2 aromatic carbocycles. The molecular formula is C18H13Cl2FN2O2. The van der Waals surface area contributed by atoms with Crippen LogP contribution in [-0.2, 0) is 4.79 Å². The van der Waals surface area contributed by atoms with E-state index in [-0.39, 0.29) is 5.91 Å². The van der Waals surface area contributed by atoms with Gasteiger partial charge in [-0.05, 0) is 43.3 Å². The maximum Gasteiger partial charge on any atom is 0.280 e. The number of methoxy groups -OCH3 is 1. The van der Waals surface area contributed by atoms with Gasteiger partial charge in [0.1, 0.15) is 11.6 Å². The van der Waals surface area contributed by atoms with Crippen molar-refractivity contribution in [2.24, 2.45) is 5.10 Å². The number of carbonyl (C=O) groups excluding carboxylic acids is 1. The van der Waals surface area contributed by atoms with Crippen molar-refractivity contribution < 1.29 is 13.9 Å². The Morgan fingerprint density at radius 2 is 2.00 bits per heavy atom. The molecule has 0 N–H and O–H groups in total. The van der Waals surface area contributed by atoms with Crippen LogP contribution in [0.1, 0.15) is 12.5 Å². The molecule has 0 aliphatic carbocycles. The summed E-state index contributed by atoms with van der Waals surface area (Å²) in [6.07, 6.45) is 1.61. The third-order valence-corrected chi connectivity index (χ3v) is 4.16. The van der Waals surface area contributed by atoms with E-state index in [2.05, 4.69) is 5.10 Å². The minimum Gasteiger partial charge on any atom is -0.495 e. The fraction of sp³-hybridized carbons (Fsp3) is 0.111. The minimum absolute atomic E-state index is 0.337. The van der Waals surface area contributed by atoms with Gasteiger partial charge >= 0.3 is 0 Å². The summed E-state index contributed by atoms with van der Waals surface area (Å²) in [6, 6.07) is 8.87. The van der Waals surface area contributed by atoms with Crippen molar-refractivity contribution in [3.63, 3.8) is 0 Å². The second-order valence-electron chi connectivity index (χ2n) is 5.35. The van der Waals surface area contributed by atoms with Crippen LogP contribution in [0.15, 0.2) is 47.1 Å². The van der Waals surface area contributed by atoms with Crippen LogP contribution in [0.5, 0.6) is 5.75 Å². The van der Waals surface area contributed by atoms with E-state index in [9.17, 15) is 9.18 Å². The molecule has 128 valence electrons. The Kier molecular flexibility index (Phi) is 4.79. The molecule has 7 heteroatoms. The third kappa shape index (κ3) is 3.38. The molecule has 2 aromatic rings. The standard InChI is InChI=1S/C18H13Cl2FN2O2/c1-10-15(7-11-6-12(19)8-16(20)17(11)25-2)18(24)23(22-10)14-5-3-4-13(21)9-14/h3-9H,1-2H3/b15-7+. The van der Waals surface area contributed by atoms with Gasteiger partial charge in [-0.15, -0.1) is 0 Å². The summed E-state index contributed by atoms with van der Waals surface area (Å²) in [6.45, 7) is 1.70. The molecule has 0 saturated heterocycles. The van der Waals surface area contributed by atoms with E-state index < -0.39 is 5.82 Å². The average molecular weight is 379 g/mol. The summed E-state index contributed by atoms with van der Waals surface area (Å²) in [7, 11) is 1.48. The predicted octanol–water partition coefficient (Wildman–Crippen LogP) is 4.95. The van der Waals surface area contributed by atoms with Gasteiger partial charge in [-0.3, -0.25) is 4.79 Å². The van der Waals surface area contributed by atoms with Crippen molar-refractivity contribution in [1.82, 2.24) is 0 Å². The molecule has 0 unspecified atom stereocenters. The molecule has 25 heavy (non-hydrogen) atoms. The van der Waals surface area contributed by atoms with E-state index in [0.717, 1.165) is 5.01 Å². The molecule has 1 amide bonds. The molecule has 0 spiro atoms. The Morgan fingerprint density at radius 3 is 2.68 bits per heavy atom. The summed E-state index contributed by atoms with van der Waals surface area (Å²) in [5.41, 5.74) is 1.75. The van der Waals surface area contributed by atoms with E-state index in [1.165, 1.54) is 25.3 Å². The van der Waals surface area contributed by atoms with Gasteiger partial charge < -0.3 is 4.74 Å². The lowest BCUT2D eigenvalue weighted by atomic mass is 10.1. The average Bonchev–Trinajstić information content (AvgIpc) is 2.83. The fourth-order valence-electron chi connectivity index (χ4n) is 2.53. The maximum atomic E-state index is 13.4. The first-order valence-electron chi connectivity index (χ1n) is 7.31. The largest absolute Gasteiger partial charge is 0.495 e. The van der Waals surface area contributed by atoms with Gasteiger partial charge in [-0.1, -0.05) is 29.3 Å². The number of rotatable bonds is 3. The summed E-state index contributed by atoms with van der Waals surface area (Å²) in [4.78, 5) is 12.7. The molecule has 1 heterocycles. The number of halogens is 3. The van der Waals surface area contributed by atoms with E-state index in [4.69, 9.17) is 27.9 Å². The zero-order chi connectivity index (χ0) is 18.1.